The van der Waals surface area contributed by atoms with Crippen LogP contribution in [0.25, 0.3) is 0 Å². The Morgan fingerprint density at radius 1 is 1.39 bits per heavy atom. The summed E-state index contributed by atoms with van der Waals surface area (Å²) in [5.41, 5.74) is 0. The van der Waals surface area contributed by atoms with Gasteiger partial charge in [-0.2, -0.15) is 0 Å². The van der Waals surface area contributed by atoms with Gasteiger partial charge in [-0.25, -0.2) is 4.79 Å². The zero-order valence-electron chi connectivity index (χ0n) is 11.0. The molecule has 18 heavy (non-hydrogen) atoms. The molecule has 1 heterocycles. The molecule has 0 N–H and O–H groups in total. The van der Waals surface area contributed by atoms with Crippen molar-refractivity contribution in [3.63, 3.8) is 0 Å². The standard InChI is InChI=1S/C14H22O4/c1-2-16-13(15)8-6-7-12-11-17-14(18-12)9-4-3-5-10-14/h6,8,12H,2-5,7,9-11H2,1H3/b8-6+/t12-/m0/s1. The first-order valence-corrected chi connectivity index (χ1v) is 6.89. The molecule has 2 rings (SSSR count). The van der Waals surface area contributed by atoms with Gasteiger partial charge in [-0.05, 0) is 26.2 Å². The highest BCUT2D eigenvalue weighted by atomic mass is 16.7. The van der Waals surface area contributed by atoms with Crippen molar-refractivity contribution < 1.29 is 19.0 Å². The molecule has 0 amide bonds. The zero-order chi connectivity index (χ0) is 12.8. The van der Waals surface area contributed by atoms with Crippen LogP contribution in [0.1, 0.15) is 45.4 Å². The van der Waals surface area contributed by atoms with Gasteiger partial charge in [-0.1, -0.05) is 12.5 Å². The van der Waals surface area contributed by atoms with Crippen LogP contribution in [0.4, 0.5) is 0 Å². The van der Waals surface area contributed by atoms with Gasteiger partial charge >= 0.3 is 5.97 Å². The molecule has 4 nitrogen and oxygen atoms in total. The van der Waals surface area contributed by atoms with Gasteiger partial charge in [-0.3, -0.25) is 0 Å². The van der Waals surface area contributed by atoms with Crippen molar-refractivity contribution >= 4 is 5.97 Å². The lowest BCUT2D eigenvalue weighted by Gasteiger charge is -2.31. The Hall–Kier alpha value is -0.870. The maximum Gasteiger partial charge on any atom is 0.330 e. The summed E-state index contributed by atoms with van der Waals surface area (Å²) in [6, 6.07) is 0. The Labute approximate surface area is 108 Å². The van der Waals surface area contributed by atoms with E-state index < -0.39 is 0 Å². The minimum absolute atomic E-state index is 0.0776. The summed E-state index contributed by atoms with van der Waals surface area (Å²) in [5, 5.41) is 0. The molecule has 0 aromatic rings. The molecule has 4 heteroatoms. The molecular formula is C14H22O4. The minimum Gasteiger partial charge on any atom is -0.463 e. The van der Waals surface area contributed by atoms with Crippen molar-refractivity contribution in [1.82, 2.24) is 0 Å². The van der Waals surface area contributed by atoms with E-state index in [4.69, 9.17) is 14.2 Å². The second kappa shape index (κ2) is 6.34. The van der Waals surface area contributed by atoms with E-state index in [-0.39, 0.29) is 17.9 Å². The van der Waals surface area contributed by atoms with E-state index in [1.807, 2.05) is 6.08 Å². The lowest BCUT2D eigenvalue weighted by molar-refractivity contribution is -0.186. The molecule has 0 radical (unpaired) electrons. The third-order valence-corrected chi connectivity index (χ3v) is 3.47. The number of esters is 1. The summed E-state index contributed by atoms with van der Waals surface area (Å²) < 4.78 is 16.7. The van der Waals surface area contributed by atoms with Crippen molar-refractivity contribution in [2.24, 2.45) is 0 Å². The molecule has 0 bridgehead atoms. The summed E-state index contributed by atoms with van der Waals surface area (Å²) in [6.07, 6.45) is 9.73. The molecular weight excluding hydrogens is 232 g/mol. The third kappa shape index (κ3) is 3.56. The van der Waals surface area contributed by atoms with Gasteiger partial charge in [0, 0.05) is 18.9 Å². The first-order valence-electron chi connectivity index (χ1n) is 6.89. The Morgan fingerprint density at radius 2 is 2.17 bits per heavy atom. The Bertz CT molecular complexity index is 305. The van der Waals surface area contributed by atoms with Crippen molar-refractivity contribution in [2.45, 2.75) is 57.3 Å². The van der Waals surface area contributed by atoms with E-state index >= 15 is 0 Å². The average molecular weight is 254 g/mol. The smallest absolute Gasteiger partial charge is 0.330 e. The van der Waals surface area contributed by atoms with Gasteiger partial charge in [0.05, 0.1) is 19.3 Å². The highest BCUT2D eigenvalue weighted by molar-refractivity contribution is 5.81. The molecule has 1 aliphatic carbocycles. The molecule has 1 saturated carbocycles. The highest BCUT2D eigenvalue weighted by Crippen LogP contribution is 2.38. The Balaban J connectivity index is 1.74. The molecule has 1 aliphatic heterocycles. The van der Waals surface area contributed by atoms with Gasteiger partial charge in [-0.15, -0.1) is 0 Å². The number of hydrogen-bond acceptors (Lipinski definition) is 4. The van der Waals surface area contributed by atoms with E-state index in [1.54, 1.807) is 6.92 Å². The molecule has 2 aliphatic rings. The van der Waals surface area contributed by atoms with E-state index in [0.717, 1.165) is 12.8 Å². The lowest BCUT2D eigenvalue weighted by atomic mass is 9.94. The van der Waals surface area contributed by atoms with Crippen LogP contribution in [0.2, 0.25) is 0 Å². The molecule has 2 fully saturated rings. The van der Waals surface area contributed by atoms with Crippen LogP contribution in [0, 0.1) is 0 Å². The second-order valence-corrected chi connectivity index (χ2v) is 4.91. The summed E-state index contributed by atoms with van der Waals surface area (Å²) in [6.45, 7) is 2.84. The summed E-state index contributed by atoms with van der Waals surface area (Å²) in [4.78, 5) is 11.1. The van der Waals surface area contributed by atoms with E-state index in [9.17, 15) is 4.79 Å². The normalized spacial score (nSPS) is 26.8. The molecule has 0 aromatic carbocycles. The SMILES string of the molecule is CCOC(=O)/C=C/C[C@H]1COC2(CCCCC2)O1. The van der Waals surface area contributed by atoms with Crippen LogP contribution in [0.15, 0.2) is 12.2 Å². The predicted molar refractivity (Wildman–Crippen MR) is 67.0 cm³/mol. The Morgan fingerprint density at radius 3 is 2.89 bits per heavy atom. The fraction of sp³-hybridized carbons (Fsp3) is 0.786. The monoisotopic (exact) mass is 254 g/mol. The van der Waals surface area contributed by atoms with Crippen LogP contribution in [-0.2, 0) is 19.0 Å². The average Bonchev–Trinajstić information content (AvgIpc) is 2.74. The third-order valence-electron chi connectivity index (χ3n) is 3.47. The van der Waals surface area contributed by atoms with Crippen molar-refractivity contribution in [3.8, 4) is 0 Å². The molecule has 1 saturated heterocycles. The van der Waals surface area contributed by atoms with Gasteiger partial charge in [0.2, 0.25) is 0 Å². The summed E-state index contributed by atoms with van der Waals surface area (Å²) >= 11 is 0. The Kier molecular flexibility index (Phi) is 4.78. The largest absolute Gasteiger partial charge is 0.463 e. The van der Waals surface area contributed by atoms with Crippen molar-refractivity contribution in [2.75, 3.05) is 13.2 Å². The molecule has 0 aromatic heterocycles. The summed E-state index contributed by atoms with van der Waals surface area (Å²) in [7, 11) is 0. The predicted octanol–water partition coefficient (Wildman–Crippen LogP) is 2.57. The topological polar surface area (TPSA) is 44.8 Å². The van der Waals surface area contributed by atoms with Gasteiger partial charge in [0.25, 0.3) is 0 Å². The first kappa shape index (κ1) is 13.6. The number of carbonyl (C=O) groups excluding carboxylic acids is 1. The maximum atomic E-state index is 11.1. The van der Waals surface area contributed by atoms with E-state index in [0.29, 0.717) is 19.6 Å². The lowest BCUT2D eigenvalue weighted by Crippen LogP contribution is -2.33. The number of hydrogen-bond donors (Lipinski definition) is 0. The fourth-order valence-electron chi connectivity index (χ4n) is 2.59. The molecule has 0 unspecified atom stereocenters. The van der Waals surface area contributed by atoms with Crippen LogP contribution < -0.4 is 0 Å². The van der Waals surface area contributed by atoms with Gasteiger partial charge < -0.3 is 14.2 Å². The maximum absolute atomic E-state index is 11.1. The fourth-order valence-corrected chi connectivity index (χ4v) is 2.59. The second-order valence-electron chi connectivity index (χ2n) is 4.91. The van der Waals surface area contributed by atoms with Gasteiger partial charge in [0.15, 0.2) is 5.79 Å². The number of ether oxygens (including phenoxy) is 3. The van der Waals surface area contributed by atoms with Crippen LogP contribution in [-0.4, -0.2) is 31.1 Å². The minimum atomic E-state index is -0.319. The van der Waals surface area contributed by atoms with Crippen LogP contribution in [0.3, 0.4) is 0 Å². The quantitative estimate of drug-likeness (QED) is 0.571. The van der Waals surface area contributed by atoms with Gasteiger partial charge in [0.1, 0.15) is 0 Å². The number of carbonyl (C=O) groups is 1. The molecule has 1 atom stereocenters. The van der Waals surface area contributed by atoms with E-state index in [2.05, 4.69) is 0 Å². The van der Waals surface area contributed by atoms with E-state index in [1.165, 1.54) is 25.3 Å². The van der Waals surface area contributed by atoms with Crippen LogP contribution in [0.5, 0.6) is 0 Å². The highest BCUT2D eigenvalue weighted by Gasteiger charge is 2.41. The van der Waals surface area contributed by atoms with Crippen LogP contribution >= 0.6 is 0 Å². The van der Waals surface area contributed by atoms with Crippen molar-refractivity contribution in [1.29, 1.82) is 0 Å². The van der Waals surface area contributed by atoms with Crippen molar-refractivity contribution in [3.05, 3.63) is 12.2 Å². The summed E-state index contributed by atoms with van der Waals surface area (Å²) in [5.74, 6) is -0.607. The first-order chi connectivity index (χ1) is 8.74. The molecule has 1 spiro atoms. The number of rotatable bonds is 4. The molecule has 102 valence electrons. The zero-order valence-corrected chi connectivity index (χ0v) is 11.0.